The minimum atomic E-state index is -4.05. The molecule has 0 unspecified atom stereocenters. The molecule has 5 aromatic rings. The number of carbonyl (C=O) groups is 1. The van der Waals surface area contributed by atoms with E-state index in [0.29, 0.717) is 12.1 Å². The molecule has 1 amide bonds. The summed E-state index contributed by atoms with van der Waals surface area (Å²) in [5.74, 6) is 1.35. The number of fused-ring (bicyclic) bond motifs is 1. The topological polar surface area (TPSA) is 90.3 Å². The van der Waals surface area contributed by atoms with Gasteiger partial charge in [0.15, 0.2) is 0 Å². The molecule has 0 aliphatic carbocycles. The van der Waals surface area contributed by atoms with E-state index in [9.17, 15) is 13.2 Å². The summed E-state index contributed by atoms with van der Waals surface area (Å²) >= 11 is 0. The highest BCUT2D eigenvalue weighted by molar-refractivity contribution is 7.90. The number of para-hydroxylation sites is 3. The largest absolute Gasteiger partial charge is 0.426 e. The van der Waals surface area contributed by atoms with Crippen molar-refractivity contribution in [3.8, 4) is 16.9 Å². The van der Waals surface area contributed by atoms with Crippen molar-refractivity contribution in [2.45, 2.75) is 44.0 Å². The lowest BCUT2D eigenvalue weighted by Gasteiger charge is -2.13. The fourth-order valence-corrected chi connectivity index (χ4v) is 5.58. The number of amides is 1. The summed E-state index contributed by atoms with van der Waals surface area (Å²) in [5, 5.41) is 0. The Hall–Kier alpha value is -4.43. The smallest absolute Gasteiger partial charge is 0.409 e. The van der Waals surface area contributed by atoms with E-state index in [4.69, 9.17) is 9.72 Å². The van der Waals surface area contributed by atoms with E-state index in [1.807, 2.05) is 41.1 Å². The van der Waals surface area contributed by atoms with Crippen molar-refractivity contribution in [2.24, 2.45) is 0 Å². The summed E-state index contributed by atoms with van der Waals surface area (Å²) in [6, 6.07) is 31.0. The molecule has 7 nitrogen and oxygen atoms in total. The van der Waals surface area contributed by atoms with Gasteiger partial charge in [0.25, 0.3) is 10.0 Å². The van der Waals surface area contributed by atoms with Crippen LogP contribution in [0.2, 0.25) is 0 Å². The highest BCUT2D eigenvalue weighted by Crippen LogP contribution is 2.30. The minimum absolute atomic E-state index is 0.0185. The van der Waals surface area contributed by atoms with E-state index in [-0.39, 0.29) is 10.6 Å². The SMILES string of the molecule is CCCCCc1nc2ccccc2n1Cc1ccc(-c2ccccc2OC(=O)NS(=O)(=O)c2ccccc2)cc1. The van der Waals surface area contributed by atoms with Gasteiger partial charge in [-0.2, -0.15) is 0 Å². The number of benzene rings is 4. The molecule has 0 fully saturated rings. The van der Waals surface area contributed by atoms with E-state index in [1.165, 1.54) is 18.6 Å². The van der Waals surface area contributed by atoms with Crippen molar-refractivity contribution in [1.82, 2.24) is 14.3 Å². The van der Waals surface area contributed by atoms with Gasteiger partial charge in [0.05, 0.1) is 15.9 Å². The van der Waals surface area contributed by atoms with Gasteiger partial charge in [0.2, 0.25) is 0 Å². The second kappa shape index (κ2) is 12.2. The van der Waals surface area contributed by atoms with E-state index < -0.39 is 16.1 Å². The van der Waals surface area contributed by atoms with Gasteiger partial charge >= 0.3 is 6.09 Å². The summed E-state index contributed by atoms with van der Waals surface area (Å²) in [7, 11) is -4.05. The Kier molecular flexibility index (Phi) is 8.26. The number of imidazole rings is 1. The highest BCUT2D eigenvalue weighted by atomic mass is 32.2. The third-order valence-electron chi connectivity index (χ3n) is 6.70. The van der Waals surface area contributed by atoms with Crippen LogP contribution < -0.4 is 9.46 Å². The maximum atomic E-state index is 12.5. The lowest BCUT2D eigenvalue weighted by atomic mass is 10.0. The van der Waals surface area contributed by atoms with Crippen LogP contribution in [0.4, 0.5) is 4.79 Å². The molecule has 40 heavy (non-hydrogen) atoms. The van der Waals surface area contributed by atoms with Crippen LogP contribution in [0.5, 0.6) is 5.75 Å². The molecular formula is C32H31N3O4S. The number of nitrogens with zero attached hydrogens (tertiary/aromatic N) is 2. The van der Waals surface area contributed by atoms with Gasteiger partial charge in [0.1, 0.15) is 11.6 Å². The number of aryl methyl sites for hydroxylation is 1. The number of carbonyl (C=O) groups excluding carboxylic acids is 1. The van der Waals surface area contributed by atoms with E-state index in [0.717, 1.165) is 47.2 Å². The van der Waals surface area contributed by atoms with Gasteiger partial charge in [-0.15, -0.1) is 0 Å². The van der Waals surface area contributed by atoms with Crippen LogP contribution in [0.3, 0.4) is 0 Å². The number of sulfonamides is 1. The van der Waals surface area contributed by atoms with Crippen LogP contribution in [0, 0.1) is 0 Å². The Morgan fingerprint density at radius 1 is 0.850 bits per heavy atom. The zero-order valence-electron chi connectivity index (χ0n) is 22.3. The second-order valence-electron chi connectivity index (χ2n) is 9.56. The van der Waals surface area contributed by atoms with Crippen LogP contribution in [0.1, 0.15) is 37.6 Å². The second-order valence-corrected chi connectivity index (χ2v) is 11.2. The molecule has 0 saturated heterocycles. The summed E-state index contributed by atoms with van der Waals surface area (Å²) in [6.45, 7) is 2.90. The third kappa shape index (κ3) is 6.24. The Morgan fingerprint density at radius 3 is 2.33 bits per heavy atom. The van der Waals surface area contributed by atoms with Gasteiger partial charge in [-0.25, -0.2) is 22.9 Å². The van der Waals surface area contributed by atoms with E-state index >= 15 is 0 Å². The molecule has 5 rings (SSSR count). The predicted octanol–water partition coefficient (Wildman–Crippen LogP) is 6.96. The van der Waals surface area contributed by atoms with Crippen LogP contribution >= 0.6 is 0 Å². The van der Waals surface area contributed by atoms with Crippen molar-refractivity contribution in [2.75, 3.05) is 0 Å². The van der Waals surface area contributed by atoms with E-state index in [1.54, 1.807) is 30.3 Å². The average Bonchev–Trinajstić information content (AvgIpc) is 3.31. The zero-order valence-corrected chi connectivity index (χ0v) is 23.1. The van der Waals surface area contributed by atoms with Crippen LogP contribution in [0.25, 0.3) is 22.2 Å². The van der Waals surface area contributed by atoms with Gasteiger partial charge in [-0.1, -0.05) is 92.6 Å². The number of nitrogens with one attached hydrogen (secondary N) is 1. The van der Waals surface area contributed by atoms with Gasteiger partial charge < -0.3 is 9.30 Å². The highest BCUT2D eigenvalue weighted by Gasteiger charge is 2.20. The Labute approximate surface area is 234 Å². The molecule has 204 valence electrons. The lowest BCUT2D eigenvalue weighted by Crippen LogP contribution is -2.33. The fraction of sp³-hybridized carbons (Fsp3) is 0.188. The average molecular weight is 554 g/mol. The fourth-order valence-electron chi connectivity index (χ4n) is 4.68. The van der Waals surface area contributed by atoms with Gasteiger partial charge in [-0.3, -0.25) is 0 Å². The summed E-state index contributed by atoms with van der Waals surface area (Å²) in [6.07, 6.45) is 3.31. The van der Waals surface area contributed by atoms with Crippen molar-refractivity contribution >= 4 is 27.1 Å². The predicted molar refractivity (Wildman–Crippen MR) is 157 cm³/mol. The van der Waals surface area contributed by atoms with Crippen molar-refractivity contribution in [3.63, 3.8) is 0 Å². The molecular weight excluding hydrogens is 522 g/mol. The molecule has 1 heterocycles. The quantitative estimate of drug-likeness (QED) is 0.189. The summed E-state index contributed by atoms with van der Waals surface area (Å²) in [5.41, 5.74) is 4.76. The maximum absolute atomic E-state index is 12.5. The maximum Gasteiger partial charge on any atom is 0.426 e. The summed E-state index contributed by atoms with van der Waals surface area (Å²) in [4.78, 5) is 17.4. The number of aromatic nitrogens is 2. The molecule has 0 saturated carbocycles. The molecule has 1 N–H and O–H groups in total. The molecule has 0 aliphatic heterocycles. The Bertz CT molecular complexity index is 1710. The first-order valence-electron chi connectivity index (χ1n) is 13.4. The first-order valence-corrected chi connectivity index (χ1v) is 14.8. The molecule has 0 aliphatic rings. The molecule has 1 aromatic heterocycles. The molecule has 0 radical (unpaired) electrons. The number of unbranched alkanes of at least 4 members (excludes halogenated alkanes) is 2. The van der Waals surface area contributed by atoms with Crippen LogP contribution in [-0.2, 0) is 23.0 Å². The minimum Gasteiger partial charge on any atom is -0.409 e. The molecule has 0 spiro atoms. The number of rotatable bonds is 10. The molecule has 0 bridgehead atoms. The van der Waals surface area contributed by atoms with Gasteiger partial charge in [0, 0.05) is 18.5 Å². The normalized spacial score (nSPS) is 11.4. The first-order chi connectivity index (χ1) is 19.4. The zero-order chi connectivity index (χ0) is 28.0. The molecule has 4 aromatic carbocycles. The van der Waals surface area contributed by atoms with Crippen molar-refractivity contribution < 1.29 is 17.9 Å². The van der Waals surface area contributed by atoms with E-state index in [2.05, 4.69) is 35.8 Å². The molecule has 0 atom stereocenters. The summed E-state index contributed by atoms with van der Waals surface area (Å²) < 4.78 is 34.7. The third-order valence-corrected chi connectivity index (χ3v) is 8.03. The van der Waals surface area contributed by atoms with Crippen LogP contribution in [-0.4, -0.2) is 24.1 Å². The standard InChI is InChI=1S/C32H31N3O4S/c1-2-3-5-18-31-33-28-15-9-10-16-29(28)35(31)23-24-19-21-25(22-20-24)27-14-8-11-17-30(27)39-32(36)34-40(37,38)26-12-6-4-7-13-26/h4,6-17,19-22H,2-3,5,18,23H2,1H3,(H,34,36). The monoisotopic (exact) mass is 553 g/mol. The number of ether oxygens (including phenoxy) is 1. The van der Waals surface area contributed by atoms with Crippen LogP contribution in [0.15, 0.2) is 108 Å². The number of hydrogen-bond donors (Lipinski definition) is 1. The van der Waals surface area contributed by atoms with Crippen molar-refractivity contribution in [1.29, 1.82) is 0 Å². The van der Waals surface area contributed by atoms with Crippen molar-refractivity contribution in [3.05, 3.63) is 115 Å². The Balaban J connectivity index is 1.34. The Morgan fingerprint density at radius 2 is 1.55 bits per heavy atom. The molecule has 8 heteroatoms. The lowest BCUT2D eigenvalue weighted by molar-refractivity contribution is 0.207. The first kappa shape index (κ1) is 27.1. The van der Waals surface area contributed by atoms with Gasteiger partial charge in [-0.05, 0) is 47.9 Å². The number of hydrogen-bond acceptors (Lipinski definition) is 5.